The number of nitrogens with zero attached hydrogens (tertiary/aromatic N) is 2. The monoisotopic (exact) mass is 520 g/mol. The summed E-state index contributed by atoms with van der Waals surface area (Å²) in [4.78, 5) is 21.4. The summed E-state index contributed by atoms with van der Waals surface area (Å²) in [7, 11) is -2.47. The zero-order valence-corrected chi connectivity index (χ0v) is 21.2. The number of carbonyl (C=O) groups is 1. The van der Waals surface area contributed by atoms with E-state index in [9.17, 15) is 13.2 Å². The van der Waals surface area contributed by atoms with Gasteiger partial charge in [-0.2, -0.15) is 4.31 Å². The number of imidazole rings is 1. The number of benzene rings is 3. The molecule has 0 saturated carbocycles. The van der Waals surface area contributed by atoms with Crippen molar-refractivity contribution in [2.24, 2.45) is 0 Å². The first-order valence-corrected chi connectivity index (χ1v) is 13.4. The summed E-state index contributed by atoms with van der Waals surface area (Å²) in [5.41, 5.74) is 2.90. The van der Waals surface area contributed by atoms with Crippen molar-refractivity contribution in [3.63, 3.8) is 0 Å². The molecule has 2 heterocycles. The minimum Gasteiger partial charge on any atom is -0.495 e. The van der Waals surface area contributed by atoms with Gasteiger partial charge in [0.05, 0.1) is 37.4 Å². The van der Waals surface area contributed by atoms with Crippen LogP contribution in [0.15, 0.2) is 77.7 Å². The molecule has 9 nitrogen and oxygen atoms in total. The second-order valence-corrected chi connectivity index (χ2v) is 10.6. The quantitative estimate of drug-likeness (QED) is 0.369. The van der Waals surface area contributed by atoms with E-state index in [0.717, 1.165) is 16.6 Å². The second-order valence-electron chi connectivity index (χ2n) is 8.74. The van der Waals surface area contributed by atoms with E-state index in [1.807, 2.05) is 54.6 Å². The number of fused-ring (bicyclic) bond motifs is 1. The molecule has 1 saturated heterocycles. The van der Waals surface area contributed by atoms with E-state index in [1.165, 1.54) is 23.5 Å². The molecule has 1 amide bonds. The number of para-hydroxylation sites is 2. The summed E-state index contributed by atoms with van der Waals surface area (Å²) in [5, 5.41) is 3.05. The summed E-state index contributed by atoms with van der Waals surface area (Å²) in [6.45, 7) is 1.13. The van der Waals surface area contributed by atoms with Gasteiger partial charge in [0.2, 0.25) is 10.0 Å². The van der Waals surface area contributed by atoms with E-state index in [4.69, 9.17) is 14.5 Å². The zero-order valence-electron chi connectivity index (χ0n) is 20.4. The number of hydrogen-bond acceptors (Lipinski definition) is 6. The number of H-pyrrole nitrogens is 1. The largest absolute Gasteiger partial charge is 0.495 e. The van der Waals surface area contributed by atoms with Crippen LogP contribution in [0.25, 0.3) is 11.0 Å². The van der Waals surface area contributed by atoms with Crippen molar-refractivity contribution >= 4 is 27.0 Å². The van der Waals surface area contributed by atoms with Crippen molar-refractivity contribution in [1.29, 1.82) is 0 Å². The topological polar surface area (TPSA) is 114 Å². The molecule has 0 radical (unpaired) electrons. The Bertz CT molecular complexity index is 1460. The van der Waals surface area contributed by atoms with Crippen LogP contribution < -0.4 is 10.1 Å². The van der Waals surface area contributed by atoms with Crippen LogP contribution in [-0.4, -0.2) is 62.0 Å². The Morgan fingerprint density at radius 1 is 1.08 bits per heavy atom. The van der Waals surface area contributed by atoms with Crippen LogP contribution in [0.5, 0.6) is 5.75 Å². The molecule has 2 N–H and O–H groups in total. The number of amides is 1. The number of aromatic nitrogens is 2. The van der Waals surface area contributed by atoms with E-state index in [1.54, 1.807) is 6.07 Å². The third kappa shape index (κ3) is 5.36. The number of morpholine rings is 1. The Morgan fingerprint density at radius 3 is 2.54 bits per heavy atom. The van der Waals surface area contributed by atoms with Gasteiger partial charge in [-0.05, 0) is 42.3 Å². The van der Waals surface area contributed by atoms with Gasteiger partial charge in [-0.3, -0.25) is 4.79 Å². The van der Waals surface area contributed by atoms with Gasteiger partial charge in [-0.15, -0.1) is 0 Å². The number of carbonyl (C=O) groups excluding carboxylic acids is 1. The van der Waals surface area contributed by atoms with Crippen LogP contribution in [-0.2, 0) is 21.2 Å². The summed E-state index contributed by atoms with van der Waals surface area (Å²) in [6.07, 6.45) is 0.501. The predicted octanol–water partition coefficient (Wildman–Crippen LogP) is 3.31. The maximum Gasteiger partial charge on any atom is 0.251 e. The number of nitrogens with one attached hydrogen (secondary N) is 2. The molecule has 1 aliphatic rings. The predicted molar refractivity (Wildman–Crippen MR) is 139 cm³/mol. The van der Waals surface area contributed by atoms with Gasteiger partial charge >= 0.3 is 0 Å². The molecule has 1 fully saturated rings. The van der Waals surface area contributed by atoms with Gasteiger partial charge in [0.15, 0.2) is 0 Å². The first kappa shape index (κ1) is 24.9. The number of sulfonamides is 1. The Hall–Kier alpha value is -3.73. The van der Waals surface area contributed by atoms with Gasteiger partial charge in [-0.1, -0.05) is 42.5 Å². The van der Waals surface area contributed by atoms with E-state index in [-0.39, 0.29) is 29.3 Å². The van der Waals surface area contributed by atoms with Gasteiger partial charge in [0.1, 0.15) is 16.5 Å². The van der Waals surface area contributed by atoms with Crippen LogP contribution in [0.4, 0.5) is 0 Å². The number of hydrogen-bond donors (Lipinski definition) is 2. The highest BCUT2D eigenvalue weighted by molar-refractivity contribution is 7.89. The molecule has 3 aromatic carbocycles. The number of rotatable bonds is 8. The van der Waals surface area contributed by atoms with Crippen molar-refractivity contribution in [3.05, 3.63) is 89.7 Å². The van der Waals surface area contributed by atoms with E-state index < -0.39 is 22.0 Å². The molecule has 37 heavy (non-hydrogen) atoms. The van der Waals surface area contributed by atoms with Crippen molar-refractivity contribution in [2.45, 2.75) is 17.4 Å². The first-order chi connectivity index (χ1) is 18.0. The average Bonchev–Trinajstić information content (AvgIpc) is 3.38. The Balaban J connectivity index is 1.46. The molecular weight excluding hydrogens is 492 g/mol. The number of methoxy groups -OCH3 is 1. The molecule has 4 aromatic rings. The third-order valence-electron chi connectivity index (χ3n) is 6.34. The highest BCUT2D eigenvalue weighted by Crippen LogP contribution is 2.29. The van der Waals surface area contributed by atoms with Crippen LogP contribution in [0, 0.1) is 0 Å². The fourth-order valence-corrected chi connectivity index (χ4v) is 5.98. The van der Waals surface area contributed by atoms with Crippen LogP contribution >= 0.6 is 0 Å². The third-order valence-corrected chi connectivity index (χ3v) is 8.26. The second kappa shape index (κ2) is 10.7. The molecule has 1 unspecified atom stereocenters. The summed E-state index contributed by atoms with van der Waals surface area (Å²) >= 11 is 0. The highest BCUT2D eigenvalue weighted by Gasteiger charge is 2.30. The summed E-state index contributed by atoms with van der Waals surface area (Å²) in [5.74, 6) is 0.386. The lowest BCUT2D eigenvalue weighted by molar-refractivity contribution is 0.0729. The van der Waals surface area contributed by atoms with Crippen molar-refractivity contribution < 1.29 is 22.7 Å². The number of ether oxygens (including phenoxy) is 2. The van der Waals surface area contributed by atoms with Crippen LogP contribution in [0.3, 0.4) is 0 Å². The van der Waals surface area contributed by atoms with Gasteiger partial charge in [0.25, 0.3) is 5.91 Å². The fourth-order valence-electron chi connectivity index (χ4n) is 4.39. The van der Waals surface area contributed by atoms with Crippen molar-refractivity contribution in [2.75, 3.05) is 33.4 Å². The molecule has 1 atom stereocenters. The highest BCUT2D eigenvalue weighted by atomic mass is 32.2. The molecule has 1 aliphatic heterocycles. The van der Waals surface area contributed by atoms with Crippen molar-refractivity contribution in [1.82, 2.24) is 19.6 Å². The summed E-state index contributed by atoms with van der Waals surface area (Å²) < 4.78 is 38.7. The van der Waals surface area contributed by atoms with E-state index in [2.05, 4.69) is 10.3 Å². The fraction of sp³-hybridized carbons (Fsp3) is 0.259. The molecule has 0 spiro atoms. The molecular formula is C27H28N4O5S. The molecule has 10 heteroatoms. The minimum atomic E-state index is -3.88. The van der Waals surface area contributed by atoms with Crippen molar-refractivity contribution in [3.8, 4) is 5.75 Å². The van der Waals surface area contributed by atoms with Crippen LogP contribution in [0.2, 0.25) is 0 Å². The first-order valence-electron chi connectivity index (χ1n) is 12.0. The molecule has 5 rings (SSSR count). The lowest BCUT2D eigenvalue weighted by Crippen LogP contribution is -2.40. The average molecular weight is 521 g/mol. The molecule has 0 aliphatic carbocycles. The Morgan fingerprint density at radius 2 is 1.81 bits per heavy atom. The van der Waals surface area contributed by atoms with Gasteiger partial charge in [0, 0.05) is 18.7 Å². The molecule has 0 bridgehead atoms. The van der Waals surface area contributed by atoms with Crippen LogP contribution in [0.1, 0.15) is 27.8 Å². The van der Waals surface area contributed by atoms with E-state index >= 15 is 0 Å². The Kier molecular flexibility index (Phi) is 7.22. The Labute approximate surface area is 215 Å². The maximum absolute atomic E-state index is 13.5. The number of aromatic amines is 1. The molecule has 192 valence electrons. The lowest BCUT2D eigenvalue weighted by atomic mass is 10.0. The zero-order chi connectivity index (χ0) is 25.8. The lowest BCUT2D eigenvalue weighted by Gasteiger charge is -2.27. The smallest absolute Gasteiger partial charge is 0.251 e. The molecule has 1 aromatic heterocycles. The van der Waals surface area contributed by atoms with Gasteiger partial charge < -0.3 is 19.8 Å². The minimum absolute atomic E-state index is 0.0482. The van der Waals surface area contributed by atoms with E-state index in [0.29, 0.717) is 25.5 Å². The standard InChI is InChI=1S/C27H28N4O5S/c1-35-24-12-11-20(18-25(24)37(33,34)31-13-15-36-16-14-31)27(32)30-23(17-19-7-3-2-4-8-19)26-28-21-9-5-6-10-22(21)29-26/h2-12,18,23H,13-17H2,1H3,(H,28,29)(H,30,32). The maximum atomic E-state index is 13.5. The normalized spacial score (nSPS) is 15.4. The SMILES string of the molecule is COc1ccc(C(=O)NC(Cc2ccccc2)c2nc3ccccc3[nH]2)cc1S(=O)(=O)N1CCOCC1. The summed E-state index contributed by atoms with van der Waals surface area (Å²) in [6, 6.07) is 21.4. The van der Waals surface area contributed by atoms with Gasteiger partial charge in [-0.25, -0.2) is 13.4 Å².